The van der Waals surface area contributed by atoms with Crippen LogP contribution in [0.15, 0.2) is 34.2 Å². The minimum atomic E-state index is -0.174. The Hall–Kier alpha value is -2.68. The van der Waals surface area contributed by atoms with Gasteiger partial charge in [-0.15, -0.1) is 5.10 Å². The third kappa shape index (κ3) is 3.39. The highest BCUT2D eigenvalue weighted by Gasteiger charge is 2.09. The SMILES string of the molecule is Cc1cc(=O)[nH]c2cc(NC(=O)CSc3nnnn3C)ccc12. The van der Waals surface area contributed by atoms with Crippen molar-refractivity contribution in [1.29, 1.82) is 0 Å². The second-order valence-corrected chi connectivity index (χ2v) is 5.94. The van der Waals surface area contributed by atoms with Crippen LogP contribution in [0.1, 0.15) is 5.56 Å². The van der Waals surface area contributed by atoms with Crippen molar-refractivity contribution in [3.05, 3.63) is 40.2 Å². The summed E-state index contributed by atoms with van der Waals surface area (Å²) in [4.78, 5) is 26.3. The smallest absolute Gasteiger partial charge is 0.248 e. The number of benzene rings is 1. The Kier molecular flexibility index (Phi) is 4.11. The molecule has 0 unspecified atom stereocenters. The standard InChI is InChI=1S/C14H14N6O2S/c1-8-5-12(21)16-11-6-9(3-4-10(8)11)15-13(22)7-23-14-17-18-19-20(14)2/h3-6H,7H2,1-2H3,(H,15,22)(H,16,21). The van der Waals surface area contributed by atoms with Gasteiger partial charge in [-0.3, -0.25) is 9.59 Å². The molecule has 3 aromatic rings. The van der Waals surface area contributed by atoms with E-state index in [1.807, 2.05) is 13.0 Å². The maximum Gasteiger partial charge on any atom is 0.248 e. The largest absolute Gasteiger partial charge is 0.325 e. The molecule has 0 saturated carbocycles. The second-order valence-electron chi connectivity index (χ2n) is 5.00. The number of carbonyl (C=O) groups excluding carboxylic acids is 1. The summed E-state index contributed by atoms with van der Waals surface area (Å²) < 4.78 is 1.50. The average molecular weight is 330 g/mol. The van der Waals surface area contributed by atoms with Crippen LogP contribution in [0, 0.1) is 6.92 Å². The number of fused-ring (bicyclic) bond motifs is 1. The maximum atomic E-state index is 12.0. The van der Waals surface area contributed by atoms with Gasteiger partial charge in [-0.25, -0.2) is 4.68 Å². The van der Waals surface area contributed by atoms with E-state index in [2.05, 4.69) is 25.8 Å². The highest BCUT2D eigenvalue weighted by atomic mass is 32.2. The van der Waals surface area contributed by atoms with E-state index in [-0.39, 0.29) is 17.2 Å². The Morgan fingerprint density at radius 3 is 2.96 bits per heavy atom. The van der Waals surface area contributed by atoms with Crippen LogP contribution < -0.4 is 10.9 Å². The summed E-state index contributed by atoms with van der Waals surface area (Å²) in [5.74, 6) is 0.0173. The number of carbonyl (C=O) groups is 1. The van der Waals surface area contributed by atoms with Crippen molar-refractivity contribution in [3.8, 4) is 0 Å². The third-order valence-electron chi connectivity index (χ3n) is 3.25. The number of anilines is 1. The lowest BCUT2D eigenvalue weighted by molar-refractivity contribution is -0.113. The van der Waals surface area contributed by atoms with Gasteiger partial charge in [0.2, 0.25) is 16.6 Å². The van der Waals surface area contributed by atoms with E-state index in [1.54, 1.807) is 25.2 Å². The van der Waals surface area contributed by atoms with Gasteiger partial charge in [0.05, 0.1) is 11.3 Å². The number of hydrogen-bond donors (Lipinski definition) is 2. The molecule has 0 spiro atoms. The molecule has 0 fully saturated rings. The molecule has 2 aromatic heterocycles. The summed E-state index contributed by atoms with van der Waals surface area (Å²) in [6, 6.07) is 6.97. The lowest BCUT2D eigenvalue weighted by atomic mass is 10.1. The first-order valence-corrected chi connectivity index (χ1v) is 7.80. The van der Waals surface area contributed by atoms with E-state index in [1.165, 1.54) is 16.4 Å². The molecule has 3 rings (SSSR count). The van der Waals surface area contributed by atoms with Crippen LogP contribution in [0.5, 0.6) is 0 Å². The van der Waals surface area contributed by atoms with Gasteiger partial charge in [0.15, 0.2) is 0 Å². The first-order chi connectivity index (χ1) is 11.0. The van der Waals surface area contributed by atoms with Crippen molar-refractivity contribution < 1.29 is 4.79 Å². The third-order valence-corrected chi connectivity index (χ3v) is 4.26. The molecule has 2 N–H and O–H groups in total. The molecule has 8 nitrogen and oxygen atoms in total. The molecule has 118 valence electrons. The van der Waals surface area contributed by atoms with Crippen LogP contribution in [0.4, 0.5) is 5.69 Å². The zero-order chi connectivity index (χ0) is 16.4. The molecular formula is C14H14N6O2S. The normalized spacial score (nSPS) is 10.9. The fourth-order valence-electron chi connectivity index (χ4n) is 2.18. The zero-order valence-electron chi connectivity index (χ0n) is 12.5. The van der Waals surface area contributed by atoms with E-state index in [0.717, 1.165) is 10.9 Å². The number of thioether (sulfide) groups is 1. The zero-order valence-corrected chi connectivity index (χ0v) is 13.3. The van der Waals surface area contributed by atoms with E-state index >= 15 is 0 Å². The molecule has 0 bridgehead atoms. The molecule has 0 aliphatic heterocycles. The van der Waals surface area contributed by atoms with E-state index in [0.29, 0.717) is 16.4 Å². The number of pyridine rings is 1. The van der Waals surface area contributed by atoms with Crippen LogP contribution >= 0.6 is 11.8 Å². The Bertz CT molecular complexity index is 932. The van der Waals surface area contributed by atoms with Crippen molar-refractivity contribution in [2.75, 3.05) is 11.1 Å². The van der Waals surface area contributed by atoms with Gasteiger partial charge in [-0.05, 0) is 35.0 Å². The molecule has 1 amide bonds. The van der Waals surface area contributed by atoms with Gasteiger partial charge in [-0.1, -0.05) is 17.8 Å². The van der Waals surface area contributed by atoms with Gasteiger partial charge >= 0.3 is 0 Å². The molecule has 0 saturated heterocycles. The Labute approximate surface area is 135 Å². The summed E-state index contributed by atoms with van der Waals surface area (Å²) >= 11 is 1.25. The lowest BCUT2D eigenvalue weighted by Crippen LogP contribution is -2.14. The predicted molar refractivity (Wildman–Crippen MR) is 87.5 cm³/mol. The number of aromatic nitrogens is 5. The minimum absolute atomic E-state index is 0.163. The molecule has 0 atom stereocenters. The number of amides is 1. The summed E-state index contributed by atoms with van der Waals surface area (Å²) in [5.41, 5.74) is 2.05. The summed E-state index contributed by atoms with van der Waals surface area (Å²) in [6.07, 6.45) is 0. The molecule has 1 aromatic carbocycles. The number of rotatable bonds is 4. The van der Waals surface area contributed by atoms with Gasteiger partial charge in [0.25, 0.3) is 0 Å². The molecule has 0 radical (unpaired) electrons. The van der Waals surface area contributed by atoms with Crippen LogP contribution in [0.25, 0.3) is 10.9 Å². The molecule has 23 heavy (non-hydrogen) atoms. The fraction of sp³-hybridized carbons (Fsp3) is 0.214. The Balaban J connectivity index is 1.72. The minimum Gasteiger partial charge on any atom is -0.325 e. The van der Waals surface area contributed by atoms with E-state index < -0.39 is 0 Å². The molecule has 2 heterocycles. The van der Waals surface area contributed by atoms with Crippen molar-refractivity contribution in [2.45, 2.75) is 12.1 Å². The summed E-state index contributed by atoms with van der Waals surface area (Å²) in [6.45, 7) is 1.88. The number of aryl methyl sites for hydroxylation is 2. The van der Waals surface area contributed by atoms with Crippen LogP contribution in [0.3, 0.4) is 0 Å². The van der Waals surface area contributed by atoms with Gasteiger partial charge < -0.3 is 10.3 Å². The Morgan fingerprint density at radius 1 is 1.39 bits per heavy atom. The molecule has 9 heteroatoms. The highest BCUT2D eigenvalue weighted by molar-refractivity contribution is 7.99. The van der Waals surface area contributed by atoms with Crippen LogP contribution in [0.2, 0.25) is 0 Å². The van der Waals surface area contributed by atoms with Crippen molar-refractivity contribution in [2.24, 2.45) is 7.05 Å². The van der Waals surface area contributed by atoms with Gasteiger partial charge in [0.1, 0.15) is 0 Å². The summed E-state index contributed by atoms with van der Waals surface area (Å²) in [5, 5.41) is 15.3. The van der Waals surface area contributed by atoms with Gasteiger partial charge in [-0.2, -0.15) is 0 Å². The quantitative estimate of drug-likeness (QED) is 0.694. The first-order valence-electron chi connectivity index (χ1n) is 6.81. The second kappa shape index (κ2) is 6.21. The van der Waals surface area contributed by atoms with E-state index in [9.17, 15) is 9.59 Å². The summed E-state index contributed by atoms with van der Waals surface area (Å²) in [7, 11) is 1.71. The number of hydrogen-bond acceptors (Lipinski definition) is 6. The fourth-order valence-corrected chi connectivity index (χ4v) is 2.83. The lowest BCUT2D eigenvalue weighted by Gasteiger charge is -2.07. The number of H-pyrrole nitrogens is 1. The highest BCUT2D eigenvalue weighted by Crippen LogP contribution is 2.20. The molecule has 0 aliphatic rings. The first kappa shape index (κ1) is 15.2. The number of nitrogens with one attached hydrogen (secondary N) is 2. The van der Waals surface area contributed by atoms with Crippen LogP contribution in [-0.4, -0.2) is 36.9 Å². The van der Waals surface area contributed by atoms with Crippen LogP contribution in [-0.2, 0) is 11.8 Å². The number of tetrazole rings is 1. The monoisotopic (exact) mass is 330 g/mol. The maximum absolute atomic E-state index is 12.0. The molecule has 0 aliphatic carbocycles. The topological polar surface area (TPSA) is 106 Å². The van der Waals surface area contributed by atoms with Gasteiger partial charge in [0, 0.05) is 24.2 Å². The van der Waals surface area contributed by atoms with Crippen molar-refractivity contribution in [3.63, 3.8) is 0 Å². The number of nitrogens with zero attached hydrogens (tertiary/aromatic N) is 4. The average Bonchev–Trinajstić information content (AvgIpc) is 2.90. The van der Waals surface area contributed by atoms with E-state index in [4.69, 9.17) is 0 Å². The van der Waals surface area contributed by atoms with Crippen molar-refractivity contribution >= 4 is 34.3 Å². The predicted octanol–water partition coefficient (Wildman–Crippen LogP) is 1.09. The Morgan fingerprint density at radius 2 is 2.22 bits per heavy atom. The van der Waals surface area contributed by atoms with Crippen molar-refractivity contribution in [1.82, 2.24) is 25.2 Å². The molecular weight excluding hydrogens is 316 g/mol. The number of aromatic amines is 1.